The molecule has 5 aromatic rings. The molecule has 0 saturated carbocycles. The maximum absolute atomic E-state index is 2.33. The Kier molecular flexibility index (Phi) is 46.0. The van der Waals surface area contributed by atoms with E-state index in [-0.39, 0.29) is 0 Å². The molecule has 0 fully saturated rings. The summed E-state index contributed by atoms with van der Waals surface area (Å²) >= 11 is 0. The van der Waals surface area contributed by atoms with Gasteiger partial charge in [0, 0.05) is 0 Å². The van der Waals surface area contributed by atoms with E-state index in [1.165, 1.54) is 274 Å². The zero-order valence-corrected chi connectivity index (χ0v) is 50.6. The third-order valence-corrected chi connectivity index (χ3v) is 14.3. The van der Waals surface area contributed by atoms with Crippen molar-refractivity contribution in [3.05, 3.63) is 177 Å². The molecule has 74 heavy (non-hydrogen) atoms. The van der Waals surface area contributed by atoms with Gasteiger partial charge in [0.15, 0.2) is 0 Å². The van der Waals surface area contributed by atoms with Crippen LogP contribution in [0.5, 0.6) is 0 Å². The summed E-state index contributed by atoms with van der Waals surface area (Å²) in [4.78, 5) is 0. The van der Waals surface area contributed by atoms with Gasteiger partial charge >= 0.3 is 0 Å². The van der Waals surface area contributed by atoms with Gasteiger partial charge in [0.2, 0.25) is 0 Å². The van der Waals surface area contributed by atoms with Gasteiger partial charge in [0.1, 0.15) is 0 Å². The Balaban J connectivity index is 0.000000465. The van der Waals surface area contributed by atoms with E-state index in [9.17, 15) is 0 Å². The molecule has 0 unspecified atom stereocenters. The van der Waals surface area contributed by atoms with Crippen molar-refractivity contribution in [2.24, 2.45) is 0 Å². The second-order valence-corrected chi connectivity index (χ2v) is 21.7. The molecule has 0 aromatic heterocycles. The lowest BCUT2D eigenvalue weighted by Gasteiger charge is -2.04. The predicted octanol–water partition coefficient (Wildman–Crippen LogP) is 23.6. The number of hydrogen-bond acceptors (Lipinski definition) is 0. The first kappa shape index (κ1) is 68.1. The van der Waals surface area contributed by atoms with E-state index >= 15 is 0 Å². The van der Waals surface area contributed by atoms with Crippen LogP contribution in [0.1, 0.15) is 278 Å². The third kappa shape index (κ3) is 38.6. The molecule has 5 rings (SSSR count). The standard InChI is InChI=1S/C18H30.C16H26.2C14H22.C12H18/c1-3-5-7-9-11-17-13-15-18(16-14-17)12-10-8-6-4-2;1-3-5-7-9-15-11-13-16(14-12-15)10-8-6-4-2;1-3-4-5-6-7-8-14-11-9-13(2)10-12-14;1-3-5-7-13-9-11-14(12-10-13)8-6-4-2;1-3-5-11-7-9-12(6-4-2)10-8-11/h13-16H,3-12H2,1-2H3;11-14H,3-10H2,1-2H3;2*9-12H,3-8H2,1-2H3;7-10H,3-6H2,1-2H3. The Morgan fingerprint density at radius 3 is 0.554 bits per heavy atom. The maximum Gasteiger partial charge on any atom is -0.0279 e. The maximum atomic E-state index is 2.33. The number of unbranched alkanes of at least 4 members (excludes halogenated alkanes) is 16. The minimum atomic E-state index is 1.21. The highest BCUT2D eigenvalue weighted by atomic mass is 14.1. The van der Waals surface area contributed by atoms with Crippen LogP contribution in [0.25, 0.3) is 0 Å². The molecule has 0 heterocycles. The van der Waals surface area contributed by atoms with E-state index in [1.54, 1.807) is 0 Å². The first-order valence-corrected chi connectivity index (χ1v) is 31.7. The number of rotatable bonds is 34. The molecular weight excluding hydrogens is 889 g/mol. The molecule has 0 amide bonds. The van der Waals surface area contributed by atoms with Crippen LogP contribution in [-0.4, -0.2) is 0 Å². The molecule has 414 valence electrons. The Hall–Kier alpha value is -3.90. The van der Waals surface area contributed by atoms with E-state index in [2.05, 4.69) is 191 Å². The monoisotopic (exact) mass is 1010 g/mol. The van der Waals surface area contributed by atoms with Crippen molar-refractivity contribution < 1.29 is 0 Å². The second-order valence-electron chi connectivity index (χ2n) is 21.7. The Morgan fingerprint density at radius 2 is 0.324 bits per heavy atom. The quantitative estimate of drug-likeness (QED) is 0.0360. The zero-order valence-electron chi connectivity index (χ0n) is 50.6. The molecule has 0 heteroatoms. The van der Waals surface area contributed by atoms with Crippen LogP contribution < -0.4 is 0 Å². The number of aryl methyl sites for hydroxylation is 10. The highest BCUT2D eigenvalue weighted by Gasteiger charge is 2.00. The van der Waals surface area contributed by atoms with Gasteiger partial charge in [-0.05, 0) is 160 Å². The van der Waals surface area contributed by atoms with Crippen molar-refractivity contribution in [1.29, 1.82) is 0 Å². The van der Waals surface area contributed by atoms with E-state index in [1.807, 2.05) is 0 Å². The predicted molar refractivity (Wildman–Crippen MR) is 337 cm³/mol. The summed E-state index contributed by atoms with van der Waals surface area (Å²) in [6.45, 7) is 22.4. The van der Waals surface area contributed by atoms with Crippen molar-refractivity contribution in [3.63, 3.8) is 0 Å². The molecule has 0 bridgehead atoms. The van der Waals surface area contributed by atoms with Crippen molar-refractivity contribution in [3.8, 4) is 0 Å². The van der Waals surface area contributed by atoms with Gasteiger partial charge in [-0.1, -0.05) is 305 Å². The van der Waals surface area contributed by atoms with Crippen LogP contribution in [0.4, 0.5) is 0 Å². The molecule has 0 spiro atoms. The van der Waals surface area contributed by atoms with E-state index < -0.39 is 0 Å². The normalized spacial score (nSPS) is 10.5. The van der Waals surface area contributed by atoms with Gasteiger partial charge in [-0.25, -0.2) is 0 Å². The zero-order chi connectivity index (χ0) is 54.0. The first-order valence-electron chi connectivity index (χ1n) is 31.7. The highest BCUT2D eigenvalue weighted by molar-refractivity contribution is 5.26. The van der Waals surface area contributed by atoms with E-state index in [0.29, 0.717) is 0 Å². The highest BCUT2D eigenvalue weighted by Crippen LogP contribution is 2.16. The fourth-order valence-electron chi connectivity index (χ4n) is 9.19. The van der Waals surface area contributed by atoms with Crippen molar-refractivity contribution in [1.82, 2.24) is 0 Å². The Labute approximate surface area is 462 Å². The van der Waals surface area contributed by atoms with Crippen LogP contribution in [0.3, 0.4) is 0 Å². The van der Waals surface area contributed by atoms with Gasteiger partial charge < -0.3 is 0 Å². The molecular formula is C74H118. The van der Waals surface area contributed by atoms with Gasteiger partial charge in [0.05, 0.1) is 0 Å². The van der Waals surface area contributed by atoms with Gasteiger partial charge in [-0.3, -0.25) is 0 Å². The smallest absolute Gasteiger partial charge is 0.0279 e. The van der Waals surface area contributed by atoms with Crippen LogP contribution in [0.2, 0.25) is 0 Å². The molecule has 0 radical (unpaired) electrons. The SMILES string of the molecule is CCCCCCCc1ccc(C)cc1.CCCCCCc1ccc(CCCCCC)cc1.CCCCCc1ccc(CCCCC)cc1.CCCCc1ccc(CCCC)cc1.CCCc1ccc(CCC)cc1. The lowest BCUT2D eigenvalue weighted by atomic mass is 10.0. The van der Waals surface area contributed by atoms with Crippen molar-refractivity contribution in [2.45, 2.75) is 288 Å². The van der Waals surface area contributed by atoms with Gasteiger partial charge in [-0.2, -0.15) is 0 Å². The molecule has 0 saturated heterocycles. The summed E-state index contributed by atoms with van der Waals surface area (Å²) in [6.07, 6.45) is 44.7. The third-order valence-electron chi connectivity index (χ3n) is 14.3. The number of hydrogen-bond donors (Lipinski definition) is 0. The fourth-order valence-corrected chi connectivity index (χ4v) is 9.19. The molecule has 0 atom stereocenters. The largest absolute Gasteiger partial charge is 0.0654 e. The fraction of sp³-hybridized carbons (Fsp3) is 0.595. The van der Waals surface area contributed by atoms with Crippen LogP contribution in [0.15, 0.2) is 121 Å². The van der Waals surface area contributed by atoms with Crippen LogP contribution >= 0.6 is 0 Å². The van der Waals surface area contributed by atoms with E-state index in [4.69, 9.17) is 0 Å². The average molecular weight is 1010 g/mol. The minimum absolute atomic E-state index is 1.21. The summed E-state index contributed by atoms with van der Waals surface area (Å²) in [5.74, 6) is 0. The van der Waals surface area contributed by atoms with E-state index in [0.717, 1.165) is 0 Å². The Bertz CT molecular complexity index is 1760. The number of benzene rings is 5. The molecule has 0 aliphatic heterocycles. The van der Waals surface area contributed by atoms with Crippen molar-refractivity contribution in [2.75, 3.05) is 0 Å². The molecule has 5 aromatic carbocycles. The second kappa shape index (κ2) is 49.9. The summed E-state index contributed by atoms with van der Waals surface area (Å²) in [6, 6.07) is 45.7. The topological polar surface area (TPSA) is 0 Å². The van der Waals surface area contributed by atoms with Crippen molar-refractivity contribution >= 4 is 0 Å². The van der Waals surface area contributed by atoms with Crippen LogP contribution in [-0.2, 0) is 57.8 Å². The van der Waals surface area contributed by atoms with Gasteiger partial charge in [0.25, 0.3) is 0 Å². The molecule has 0 N–H and O–H groups in total. The Morgan fingerprint density at radius 1 is 0.162 bits per heavy atom. The summed E-state index contributed by atoms with van der Waals surface area (Å²) in [7, 11) is 0. The van der Waals surface area contributed by atoms with Gasteiger partial charge in [-0.15, -0.1) is 0 Å². The molecule has 0 aliphatic rings. The summed E-state index contributed by atoms with van der Waals surface area (Å²) < 4.78 is 0. The minimum Gasteiger partial charge on any atom is -0.0654 e. The first-order chi connectivity index (χ1) is 36.3. The lowest BCUT2D eigenvalue weighted by molar-refractivity contribution is 0.632. The van der Waals surface area contributed by atoms with Crippen LogP contribution in [0, 0.1) is 6.92 Å². The summed E-state index contributed by atoms with van der Waals surface area (Å²) in [5, 5.41) is 0. The lowest BCUT2D eigenvalue weighted by Crippen LogP contribution is -1.89. The molecule has 0 aliphatic carbocycles. The summed E-state index contributed by atoms with van der Waals surface area (Å²) in [5.41, 5.74) is 14.8. The molecule has 0 nitrogen and oxygen atoms in total. The average Bonchev–Trinajstić information content (AvgIpc) is 3.43.